The van der Waals surface area contributed by atoms with Gasteiger partial charge in [-0.3, -0.25) is 9.69 Å². The zero-order valence-electron chi connectivity index (χ0n) is 11.7. The predicted molar refractivity (Wildman–Crippen MR) is 72.6 cm³/mol. The molecule has 0 radical (unpaired) electrons. The molecule has 1 saturated carbocycles. The molecule has 0 N–H and O–H groups in total. The normalized spacial score (nSPS) is 23.2. The molecule has 4 heteroatoms. The Bertz CT molecular complexity index is 357. The average Bonchev–Trinajstić information content (AvgIpc) is 2.40. The molecule has 0 spiro atoms. The van der Waals surface area contributed by atoms with Crippen molar-refractivity contribution in [3.63, 3.8) is 0 Å². The molecule has 2 aliphatic rings. The molecule has 4 nitrogen and oxygen atoms in total. The Balaban J connectivity index is 1.93. The van der Waals surface area contributed by atoms with Crippen LogP contribution < -0.4 is 0 Å². The first-order valence-corrected chi connectivity index (χ1v) is 7.20. The highest BCUT2D eigenvalue weighted by atomic mass is 16.6. The van der Waals surface area contributed by atoms with Gasteiger partial charge in [0.25, 0.3) is 0 Å². The molecule has 0 aromatic carbocycles. The lowest BCUT2D eigenvalue weighted by atomic mass is 9.85. The maximum absolute atomic E-state index is 11.3. The van der Waals surface area contributed by atoms with Crippen LogP contribution in [0.25, 0.3) is 0 Å². The van der Waals surface area contributed by atoms with E-state index >= 15 is 0 Å². The lowest BCUT2D eigenvalue weighted by molar-refractivity contribution is -0.153. The first-order chi connectivity index (χ1) is 9.20. The fraction of sp³-hybridized carbons (Fsp3) is 0.800. The molecule has 2 rings (SSSR count). The van der Waals surface area contributed by atoms with Crippen LogP contribution in [0, 0.1) is 11.8 Å². The second-order valence-corrected chi connectivity index (χ2v) is 5.34. The lowest BCUT2D eigenvalue weighted by Gasteiger charge is -2.32. The summed E-state index contributed by atoms with van der Waals surface area (Å²) in [5.74, 6) is 6.23. The Labute approximate surface area is 115 Å². The molecule has 0 aromatic rings. The molecule has 0 bridgehead atoms. The van der Waals surface area contributed by atoms with E-state index in [-0.39, 0.29) is 5.97 Å². The van der Waals surface area contributed by atoms with Gasteiger partial charge >= 0.3 is 5.97 Å². The number of nitrogens with zero attached hydrogens (tertiary/aromatic N) is 1. The average molecular weight is 265 g/mol. The Kier molecular flexibility index (Phi) is 5.24. The van der Waals surface area contributed by atoms with Crippen molar-refractivity contribution in [3.05, 3.63) is 0 Å². The molecule has 1 aliphatic carbocycles. The Hall–Kier alpha value is -1.05. The van der Waals surface area contributed by atoms with E-state index in [1.165, 1.54) is 13.3 Å². The van der Waals surface area contributed by atoms with Crippen molar-refractivity contribution in [1.29, 1.82) is 0 Å². The molecule has 2 fully saturated rings. The van der Waals surface area contributed by atoms with Crippen LogP contribution in [-0.2, 0) is 14.3 Å². The SMILES string of the molecule is CC(=O)OC1(C#CCN2CCOCC2)CCCCC1. The Morgan fingerprint density at radius 1 is 1.26 bits per heavy atom. The van der Waals surface area contributed by atoms with Crippen molar-refractivity contribution >= 4 is 5.97 Å². The minimum atomic E-state index is -0.517. The Morgan fingerprint density at radius 3 is 2.58 bits per heavy atom. The summed E-state index contributed by atoms with van der Waals surface area (Å²) in [5.41, 5.74) is -0.517. The number of esters is 1. The van der Waals surface area contributed by atoms with E-state index in [1.807, 2.05) is 0 Å². The molecule has 106 valence electrons. The van der Waals surface area contributed by atoms with E-state index in [4.69, 9.17) is 9.47 Å². The fourth-order valence-electron chi connectivity index (χ4n) is 2.72. The van der Waals surface area contributed by atoms with E-state index in [9.17, 15) is 4.79 Å². The third-order valence-corrected chi connectivity index (χ3v) is 3.72. The van der Waals surface area contributed by atoms with E-state index in [0.29, 0.717) is 0 Å². The number of morpholine rings is 1. The molecule has 1 saturated heterocycles. The maximum Gasteiger partial charge on any atom is 0.304 e. The third-order valence-electron chi connectivity index (χ3n) is 3.72. The van der Waals surface area contributed by atoms with Gasteiger partial charge < -0.3 is 9.47 Å². The number of hydrogen-bond donors (Lipinski definition) is 0. The molecule has 19 heavy (non-hydrogen) atoms. The molecule has 0 amide bonds. The standard InChI is InChI=1S/C15H23NO3/c1-14(17)19-15(6-3-2-4-7-15)8-5-9-16-10-12-18-13-11-16/h2-4,6-7,9-13H2,1H3. The van der Waals surface area contributed by atoms with Crippen LogP contribution in [0.2, 0.25) is 0 Å². The lowest BCUT2D eigenvalue weighted by Crippen LogP contribution is -2.37. The molecular weight excluding hydrogens is 242 g/mol. The zero-order chi connectivity index (χ0) is 13.6. The second kappa shape index (κ2) is 6.93. The number of carbonyl (C=O) groups excluding carboxylic acids is 1. The summed E-state index contributed by atoms with van der Waals surface area (Å²) < 4.78 is 10.8. The second-order valence-electron chi connectivity index (χ2n) is 5.34. The van der Waals surface area contributed by atoms with Gasteiger partial charge in [-0.2, -0.15) is 0 Å². The number of ether oxygens (including phenoxy) is 2. The third kappa shape index (κ3) is 4.52. The summed E-state index contributed by atoms with van der Waals surface area (Å²) in [6, 6.07) is 0. The fourth-order valence-corrected chi connectivity index (χ4v) is 2.72. The number of hydrogen-bond acceptors (Lipinski definition) is 4. The van der Waals surface area contributed by atoms with Crippen molar-refractivity contribution in [3.8, 4) is 11.8 Å². The van der Waals surface area contributed by atoms with Crippen LogP contribution >= 0.6 is 0 Å². The van der Waals surface area contributed by atoms with Gasteiger partial charge in [0.1, 0.15) is 0 Å². The van der Waals surface area contributed by atoms with Crippen molar-refractivity contribution in [2.45, 2.75) is 44.6 Å². The minimum absolute atomic E-state index is 0.220. The van der Waals surface area contributed by atoms with Gasteiger partial charge in [-0.25, -0.2) is 0 Å². The van der Waals surface area contributed by atoms with Gasteiger partial charge in [0, 0.05) is 20.0 Å². The molecule has 1 aliphatic heterocycles. The molecule has 0 aromatic heterocycles. The van der Waals surface area contributed by atoms with Gasteiger partial charge in [0.2, 0.25) is 0 Å². The van der Waals surface area contributed by atoms with Crippen LogP contribution in [0.1, 0.15) is 39.0 Å². The van der Waals surface area contributed by atoms with Gasteiger partial charge in [0.15, 0.2) is 5.60 Å². The summed E-state index contributed by atoms with van der Waals surface area (Å²) in [5, 5.41) is 0. The Morgan fingerprint density at radius 2 is 1.95 bits per heavy atom. The summed E-state index contributed by atoms with van der Waals surface area (Å²) in [4.78, 5) is 13.5. The molecular formula is C15H23NO3. The van der Waals surface area contributed by atoms with Crippen LogP contribution in [0.5, 0.6) is 0 Å². The molecule has 1 heterocycles. The topological polar surface area (TPSA) is 38.8 Å². The van der Waals surface area contributed by atoms with Crippen molar-refractivity contribution in [2.75, 3.05) is 32.8 Å². The predicted octanol–water partition coefficient (Wildman–Crippen LogP) is 1.59. The van der Waals surface area contributed by atoms with Crippen molar-refractivity contribution in [1.82, 2.24) is 4.90 Å². The van der Waals surface area contributed by atoms with E-state index in [0.717, 1.165) is 58.5 Å². The van der Waals surface area contributed by atoms with Crippen LogP contribution in [0.3, 0.4) is 0 Å². The summed E-state index contributed by atoms with van der Waals surface area (Å²) in [6.07, 6.45) is 5.17. The highest BCUT2D eigenvalue weighted by Crippen LogP contribution is 2.31. The van der Waals surface area contributed by atoms with Gasteiger partial charge in [-0.15, -0.1) is 0 Å². The number of carbonyl (C=O) groups is 1. The first kappa shape index (κ1) is 14.4. The van der Waals surface area contributed by atoms with Crippen LogP contribution in [-0.4, -0.2) is 49.3 Å². The summed E-state index contributed by atoms with van der Waals surface area (Å²) >= 11 is 0. The van der Waals surface area contributed by atoms with Crippen LogP contribution in [0.15, 0.2) is 0 Å². The number of rotatable bonds is 2. The van der Waals surface area contributed by atoms with E-state index < -0.39 is 5.60 Å². The van der Waals surface area contributed by atoms with Gasteiger partial charge in [-0.05, 0) is 25.7 Å². The molecule has 0 atom stereocenters. The first-order valence-electron chi connectivity index (χ1n) is 7.20. The van der Waals surface area contributed by atoms with Gasteiger partial charge in [0.05, 0.1) is 19.8 Å². The highest BCUT2D eigenvalue weighted by Gasteiger charge is 2.33. The van der Waals surface area contributed by atoms with Crippen LogP contribution in [0.4, 0.5) is 0 Å². The quantitative estimate of drug-likeness (QED) is 0.561. The van der Waals surface area contributed by atoms with E-state index in [2.05, 4.69) is 16.7 Å². The molecule has 0 unspecified atom stereocenters. The largest absolute Gasteiger partial charge is 0.446 e. The monoisotopic (exact) mass is 265 g/mol. The van der Waals surface area contributed by atoms with Crippen molar-refractivity contribution < 1.29 is 14.3 Å². The zero-order valence-corrected chi connectivity index (χ0v) is 11.7. The smallest absolute Gasteiger partial charge is 0.304 e. The highest BCUT2D eigenvalue weighted by molar-refractivity contribution is 5.67. The minimum Gasteiger partial charge on any atom is -0.446 e. The van der Waals surface area contributed by atoms with Crippen molar-refractivity contribution in [2.24, 2.45) is 0 Å². The van der Waals surface area contributed by atoms with E-state index in [1.54, 1.807) is 0 Å². The summed E-state index contributed by atoms with van der Waals surface area (Å²) in [7, 11) is 0. The maximum atomic E-state index is 11.3. The summed E-state index contributed by atoms with van der Waals surface area (Å²) in [6.45, 7) is 5.67. The van der Waals surface area contributed by atoms with Gasteiger partial charge in [-0.1, -0.05) is 18.3 Å².